The molecule has 1 heterocycles. The zero-order valence-electron chi connectivity index (χ0n) is 13.6. The second-order valence-corrected chi connectivity index (χ2v) is 5.83. The molecular formula is C19H22N2O2. The number of hydrogen-bond acceptors (Lipinski definition) is 2. The summed E-state index contributed by atoms with van der Waals surface area (Å²) in [4.78, 5) is 14.2. The molecule has 1 aliphatic heterocycles. The van der Waals surface area contributed by atoms with E-state index in [0.29, 0.717) is 6.54 Å². The third kappa shape index (κ3) is 3.31. The number of aryl methyl sites for hydroxylation is 1. The largest absolute Gasteiger partial charge is 0.496 e. The van der Waals surface area contributed by atoms with Crippen LogP contribution in [0.3, 0.4) is 0 Å². The number of methoxy groups -OCH3 is 1. The Morgan fingerprint density at radius 2 is 2.09 bits per heavy atom. The summed E-state index contributed by atoms with van der Waals surface area (Å²) >= 11 is 0. The first-order valence-corrected chi connectivity index (χ1v) is 7.96. The monoisotopic (exact) mass is 310 g/mol. The Balaban J connectivity index is 1.60. The summed E-state index contributed by atoms with van der Waals surface area (Å²) < 4.78 is 5.38. The van der Waals surface area contributed by atoms with Gasteiger partial charge in [0.2, 0.25) is 0 Å². The summed E-state index contributed by atoms with van der Waals surface area (Å²) in [6.07, 6.45) is 1.68. The van der Waals surface area contributed by atoms with Gasteiger partial charge in [-0.1, -0.05) is 35.9 Å². The molecule has 3 rings (SSSR count). The minimum Gasteiger partial charge on any atom is -0.496 e. The lowest BCUT2D eigenvalue weighted by molar-refractivity contribution is 0.247. The molecule has 0 saturated carbocycles. The number of ether oxygens (including phenoxy) is 1. The van der Waals surface area contributed by atoms with Gasteiger partial charge >= 0.3 is 6.03 Å². The Labute approximate surface area is 137 Å². The number of amides is 2. The molecule has 0 radical (unpaired) electrons. The van der Waals surface area contributed by atoms with E-state index >= 15 is 0 Å². The molecule has 0 saturated heterocycles. The Bertz CT molecular complexity index is 712. The van der Waals surface area contributed by atoms with Crippen molar-refractivity contribution in [1.82, 2.24) is 5.32 Å². The van der Waals surface area contributed by atoms with E-state index < -0.39 is 0 Å². The topological polar surface area (TPSA) is 41.6 Å². The molecule has 0 fully saturated rings. The van der Waals surface area contributed by atoms with Gasteiger partial charge < -0.3 is 10.1 Å². The van der Waals surface area contributed by atoms with Crippen molar-refractivity contribution in [1.29, 1.82) is 0 Å². The van der Waals surface area contributed by atoms with Crippen LogP contribution in [0.25, 0.3) is 0 Å². The van der Waals surface area contributed by atoms with Gasteiger partial charge in [0.25, 0.3) is 0 Å². The normalized spacial score (nSPS) is 12.9. The zero-order valence-corrected chi connectivity index (χ0v) is 13.6. The smallest absolute Gasteiger partial charge is 0.321 e. The molecule has 0 bridgehead atoms. The number of nitrogens with one attached hydrogen (secondary N) is 1. The molecule has 4 heteroatoms. The predicted molar refractivity (Wildman–Crippen MR) is 92.3 cm³/mol. The van der Waals surface area contributed by atoms with Gasteiger partial charge in [-0.2, -0.15) is 0 Å². The zero-order chi connectivity index (χ0) is 16.2. The summed E-state index contributed by atoms with van der Waals surface area (Å²) in [5.41, 5.74) is 4.58. The minimum atomic E-state index is -0.0263. The number of hydrogen-bond donors (Lipinski definition) is 1. The quantitative estimate of drug-likeness (QED) is 0.941. The van der Waals surface area contributed by atoms with Crippen molar-refractivity contribution in [3.8, 4) is 5.75 Å². The lowest BCUT2D eigenvalue weighted by atomic mass is 10.1. The molecule has 2 amide bonds. The fourth-order valence-corrected chi connectivity index (χ4v) is 3.05. The number of benzene rings is 2. The van der Waals surface area contributed by atoms with Gasteiger partial charge in [-0.05, 0) is 43.0 Å². The minimum absolute atomic E-state index is 0.0263. The molecule has 23 heavy (non-hydrogen) atoms. The highest BCUT2D eigenvalue weighted by atomic mass is 16.5. The molecule has 0 unspecified atom stereocenters. The number of nitrogens with zero attached hydrogens (tertiary/aromatic N) is 1. The first-order chi connectivity index (χ1) is 11.2. The lowest BCUT2D eigenvalue weighted by Crippen LogP contribution is -2.39. The highest BCUT2D eigenvalue weighted by molar-refractivity contribution is 5.94. The van der Waals surface area contributed by atoms with Crippen LogP contribution < -0.4 is 15.0 Å². The van der Waals surface area contributed by atoms with Crippen molar-refractivity contribution < 1.29 is 9.53 Å². The fraction of sp³-hybridized carbons (Fsp3) is 0.316. The highest BCUT2D eigenvalue weighted by Crippen LogP contribution is 2.27. The Kier molecular flexibility index (Phi) is 4.51. The lowest BCUT2D eigenvalue weighted by Gasteiger charge is -2.18. The van der Waals surface area contributed by atoms with Gasteiger partial charge in [0.15, 0.2) is 0 Å². The number of urea groups is 1. The van der Waals surface area contributed by atoms with E-state index in [1.54, 1.807) is 7.11 Å². The van der Waals surface area contributed by atoms with Crippen molar-refractivity contribution in [2.75, 3.05) is 25.1 Å². The maximum atomic E-state index is 12.4. The highest BCUT2D eigenvalue weighted by Gasteiger charge is 2.23. The average molecular weight is 310 g/mol. The van der Waals surface area contributed by atoms with E-state index in [9.17, 15) is 4.79 Å². The van der Waals surface area contributed by atoms with Crippen molar-refractivity contribution in [2.24, 2.45) is 0 Å². The molecule has 1 aliphatic rings. The number of fused-ring (bicyclic) bond motifs is 1. The van der Waals surface area contributed by atoms with Crippen LogP contribution in [-0.2, 0) is 12.8 Å². The van der Waals surface area contributed by atoms with Gasteiger partial charge in [0, 0.05) is 18.8 Å². The molecule has 0 aromatic heterocycles. The third-order valence-corrected chi connectivity index (χ3v) is 4.24. The van der Waals surface area contributed by atoms with Crippen LogP contribution in [-0.4, -0.2) is 26.2 Å². The van der Waals surface area contributed by atoms with Crippen LogP contribution in [0.1, 0.15) is 16.7 Å². The van der Waals surface area contributed by atoms with Crippen LogP contribution in [0.2, 0.25) is 0 Å². The van der Waals surface area contributed by atoms with Crippen LogP contribution >= 0.6 is 0 Å². The molecule has 0 aliphatic carbocycles. The number of carbonyl (C=O) groups is 1. The fourth-order valence-electron chi connectivity index (χ4n) is 3.05. The Morgan fingerprint density at radius 3 is 2.91 bits per heavy atom. The molecular weight excluding hydrogens is 288 g/mol. The summed E-state index contributed by atoms with van der Waals surface area (Å²) in [6.45, 7) is 3.40. The van der Waals surface area contributed by atoms with E-state index in [2.05, 4.69) is 24.4 Å². The van der Waals surface area contributed by atoms with Crippen molar-refractivity contribution in [3.63, 3.8) is 0 Å². The van der Waals surface area contributed by atoms with Crippen molar-refractivity contribution in [2.45, 2.75) is 19.8 Å². The second-order valence-electron chi connectivity index (χ2n) is 5.83. The van der Waals surface area contributed by atoms with Gasteiger partial charge in [-0.3, -0.25) is 4.90 Å². The van der Waals surface area contributed by atoms with Gasteiger partial charge in [-0.15, -0.1) is 0 Å². The standard InChI is InChI=1S/C19H22N2O2/c1-14-7-8-18(23-2)16(13-14)9-11-20-19(22)21-12-10-15-5-3-4-6-17(15)21/h3-8,13H,9-12H2,1-2H3,(H,20,22). The first kappa shape index (κ1) is 15.4. The molecule has 0 atom stereocenters. The van der Waals surface area contributed by atoms with E-state index in [1.807, 2.05) is 35.2 Å². The summed E-state index contributed by atoms with van der Waals surface area (Å²) in [5, 5.41) is 3.02. The number of carbonyl (C=O) groups excluding carboxylic acids is 1. The molecule has 1 N–H and O–H groups in total. The second kappa shape index (κ2) is 6.73. The van der Waals surface area contributed by atoms with E-state index in [4.69, 9.17) is 4.74 Å². The van der Waals surface area contributed by atoms with Crippen molar-refractivity contribution in [3.05, 3.63) is 59.2 Å². The van der Waals surface area contributed by atoms with E-state index in [-0.39, 0.29) is 6.03 Å². The first-order valence-electron chi connectivity index (χ1n) is 7.96. The van der Waals surface area contributed by atoms with Gasteiger partial charge in [0.1, 0.15) is 5.75 Å². The molecule has 2 aromatic rings. The average Bonchev–Trinajstić information content (AvgIpc) is 2.99. The van der Waals surface area contributed by atoms with E-state index in [1.165, 1.54) is 11.1 Å². The maximum Gasteiger partial charge on any atom is 0.321 e. The third-order valence-electron chi connectivity index (χ3n) is 4.24. The molecule has 0 spiro atoms. The number of rotatable bonds is 4. The summed E-state index contributed by atoms with van der Waals surface area (Å²) in [7, 11) is 1.67. The van der Waals surface area contributed by atoms with E-state index in [0.717, 1.165) is 36.4 Å². The molecule has 120 valence electrons. The molecule has 2 aromatic carbocycles. The van der Waals surface area contributed by atoms with Crippen LogP contribution in [0.5, 0.6) is 5.75 Å². The Morgan fingerprint density at radius 1 is 1.26 bits per heavy atom. The predicted octanol–water partition coefficient (Wildman–Crippen LogP) is 3.32. The summed E-state index contributed by atoms with van der Waals surface area (Å²) in [6, 6.07) is 14.2. The van der Waals surface area contributed by atoms with Crippen LogP contribution in [0, 0.1) is 6.92 Å². The van der Waals surface area contributed by atoms with Gasteiger partial charge in [-0.25, -0.2) is 4.79 Å². The summed E-state index contributed by atoms with van der Waals surface area (Å²) in [5.74, 6) is 0.872. The van der Waals surface area contributed by atoms with Crippen LogP contribution in [0.4, 0.5) is 10.5 Å². The van der Waals surface area contributed by atoms with Crippen molar-refractivity contribution >= 4 is 11.7 Å². The van der Waals surface area contributed by atoms with Crippen LogP contribution in [0.15, 0.2) is 42.5 Å². The number of para-hydroxylation sites is 1. The molecule has 4 nitrogen and oxygen atoms in total. The SMILES string of the molecule is COc1ccc(C)cc1CCNC(=O)N1CCc2ccccc21. The van der Waals surface area contributed by atoms with Gasteiger partial charge in [0.05, 0.1) is 7.11 Å². The maximum absolute atomic E-state index is 12.4. The number of anilines is 1. The Hall–Kier alpha value is -2.49.